The Bertz CT molecular complexity index is 536. The first-order chi connectivity index (χ1) is 8.22. The number of ketones is 1. The maximum atomic E-state index is 12.0. The van der Waals surface area contributed by atoms with Gasteiger partial charge in [0.05, 0.1) is 12.6 Å². The number of ether oxygens (including phenoxy) is 1. The van der Waals surface area contributed by atoms with Crippen LogP contribution in [0, 0.1) is 0 Å². The molecule has 3 heteroatoms. The Morgan fingerprint density at radius 1 is 1.24 bits per heavy atom. The van der Waals surface area contributed by atoms with E-state index in [1.807, 2.05) is 36.4 Å². The van der Waals surface area contributed by atoms with Crippen molar-refractivity contribution in [2.45, 2.75) is 6.04 Å². The van der Waals surface area contributed by atoms with Gasteiger partial charge in [-0.25, -0.2) is 0 Å². The summed E-state index contributed by atoms with van der Waals surface area (Å²) in [5, 5.41) is 2.16. The average Bonchev–Trinajstić information content (AvgIpc) is 2.37. The van der Waals surface area contributed by atoms with E-state index in [4.69, 9.17) is 10.5 Å². The molecule has 0 aliphatic carbocycles. The average molecular weight is 229 g/mol. The van der Waals surface area contributed by atoms with E-state index in [1.165, 1.54) is 7.11 Å². The number of hydrogen-bond donors (Lipinski definition) is 1. The number of carbonyl (C=O) groups excluding carboxylic acids is 1. The van der Waals surface area contributed by atoms with Crippen LogP contribution in [0.1, 0.15) is 10.4 Å². The normalized spacial score (nSPS) is 12.6. The van der Waals surface area contributed by atoms with Gasteiger partial charge in [-0.15, -0.1) is 0 Å². The summed E-state index contributed by atoms with van der Waals surface area (Å²) in [5.41, 5.74) is 6.36. The largest absolute Gasteiger partial charge is 0.383 e. The van der Waals surface area contributed by atoms with Crippen molar-refractivity contribution in [2.75, 3.05) is 13.7 Å². The van der Waals surface area contributed by atoms with Crippen LogP contribution < -0.4 is 5.73 Å². The zero-order valence-electron chi connectivity index (χ0n) is 9.72. The minimum absolute atomic E-state index is 0.0856. The third-order valence-corrected chi connectivity index (χ3v) is 2.72. The number of fused-ring (bicyclic) bond motifs is 1. The van der Waals surface area contributed by atoms with E-state index in [-0.39, 0.29) is 12.4 Å². The molecule has 2 N–H and O–H groups in total. The number of Topliss-reactive ketones (excluding diaryl/α,β-unsaturated/α-hetero) is 1. The van der Waals surface area contributed by atoms with Gasteiger partial charge in [0.2, 0.25) is 0 Å². The van der Waals surface area contributed by atoms with Crippen LogP contribution in [0.2, 0.25) is 0 Å². The van der Waals surface area contributed by atoms with Crippen molar-refractivity contribution >= 4 is 16.6 Å². The van der Waals surface area contributed by atoms with E-state index in [9.17, 15) is 4.79 Å². The molecular formula is C14H15NO2. The van der Waals surface area contributed by atoms with Crippen molar-refractivity contribution in [3.05, 3.63) is 48.0 Å². The van der Waals surface area contributed by atoms with Crippen LogP contribution in [0.5, 0.6) is 0 Å². The van der Waals surface area contributed by atoms with E-state index in [0.29, 0.717) is 5.56 Å². The molecule has 2 aromatic carbocycles. The first-order valence-electron chi connectivity index (χ1n) is 5.50. The third kappa shape index (κ3) is 2.52. The summed E-state index contributed by atoms with van der Waals surface area (Å²) < 4.78 is 4.89. The first kappa shape index (κ1) is 11.8. The lowest BCUT2D eigenvalue weighted by Gasteiger charge is -2.09. The maximum absolute atomic E-state index is 12.0. The third-order valence-electron chi connectivity index (χ3n) is 2.72. The lowest BCUT2D eigenvalue weighted by Crippen LogP contribution is -2.34. The second kappa shape index (κ2) is 5.08. The summed E-state index contributed by atoms with van der Waals surface area (Å²) in [5.74, 6) is -0.0856. The smallest absolute Gasteiger partial charge is 0.181 e. The molecule has 0 bridgehead atoms. The molecule has 1 unspecified atom stereocenters. The van der Waals surface area contributed by atoms with E-state index < -0.39 is 6.04 Å². The molecule has 0 saturated carbocycles. The Hall–Kier alpha value is -1.71. The highest BCUT2D eigenvalue weighted by atomic mass is 16.5. The Balaban J connectivity index is 2.33. The highest BCUT2D eigenvalue weighted by Gasteiger charge is 2.15. The Morgan fingerprint density at radius 3 is 2.65 bits per heavy atom. The van der Waals surface area contributed by atoms with Crippen LogP contribution in [-0.4, -0.2) is 25.5 Å². The van der Waals surface area contributed by atoms with Gasteiger partial charge in [-0.1, -0.05) is 36.4 Å². The summed E-state index contributed by atoms with van der Waals surface area (Å²) in [7, 11) is 1.54. The fourth-order valence-corrected chi connectivity index (χ4v) is 1.81. The Labute approximate surface area is 100 Å². The SMILES string of the molecule is COCC(N)C(=O)c1ccc2ccccc2c1. The molecule has 0 spiro atoms. The molecule has 0 radical (unpaired) electrons. The number of rotatable bonds is 4. The van der Waals surface area contributed by atoms with Gasteiger partial charge in [0.25, 0.3) is 0 Å². The fourth-order valence-electron chi connectivity index (χ4n) is 1.81. The molecule has 0 saturated heterocycles. The topological polar surface area (TPSA) is 52.3 Å². The van der Waals surface area contributed by atoms with E-state index in [1.54, 1.807) is 6.07 Å². The summed E-state index contributed by atoms with van der Waals surface area (Å²) in [6, 6.07) is 12.9. The molecule has 0 aliphatic rings. The van der Waals surface area contributed by atoms with Crippen molar-refractivity contribution in [1.29, 1.82) is 0 Å². The number of methoxy groups -OCH3 is 1. The van der Waals surface area contributed by atoms with Crippen LogP contribution in [-0.2, 0) is 4.74 Å². The van der Waals surface area contributed by atoms with Crippen molar-refractivity contribution < 1.29 is 9.53 Å². The highest BCUT2D eigenvalue weighted by molar-refractivity contribution is 6.03. The van der Waals surface area contributed by atoms with Crippen LogP contribution >= 0.6 is 0 Å². The molecule has 88 valence electrons. The van der Waals surface area contributed by atoms with Crippen molar-refractivity contribution in [3.63, 3.8) is 0 Å². The molecule has 0 aromatic heterocycles. The second-order valence-corrected chi connectivity index (χ2v) is 3.99. The summed E-state index contributed by atoms with van der Waals surface area (Å²) in [4.78, 5) is 12.0. The molecule has 0 fully saturated rings. The first-order valence-corrected chi connectivity index (χ1v) is 5.50. The van der Waals surface area contributed by atoms with E-state index >= 15 is 0 Å². The zero-order chi connectivity index (χ0) is 12.3. The summed E-state index contributed by atoms with van der Waals surface area (Å²) in [6.45, 7) is 0.242. The van der Waals surface area contributed by atoms with Gasteiger partial charge in [0, 0.05) is 12.7 Å². The van der Waals surface area contributed by atoms with Gasteiger partial charge < -0.3 is 10.5 Å². The lowest BCUT2D eigenvalue weighted by atomic mass is 10.0. The molecular weight excluding hydrogens is 214 g/mol. The minimum Gasteiger partial charge on any atom is -0.383 e. The van der Waals surface area contributed by atoms with Gasteiger partial charge in [-0.2, -0.15) is 0 Å². The van der Waals surface area contributed by atoms with Gasteiger partial charge in [-0.3, -0.25) is 4.79 Å². The monoisotopic (exact) mass is 229 g/mol. The molecule has 0 amide bonds. The van der Waals surface area contributed by atoms with Crippen molar-refractivity contribution in [3.8, 4) is 0 Å². The summed E-state index contributed by atoms with van der Waals surface area (Å²) in [6.07, 6.45) is 0. The van der Waals surface area contributed by atoms with Crippen LogP contribution in [0.4, 0.5) is 0 Å². The van der Waals surface area contributed by atoms with Gasteiger partial charge in [-0.05, 0) is 16.8 Å². The van der Waals surface area contributed by atoms with E-state index in [2.05, 4.69) is 0 Å². The van der Waals surface area contributed by atoms with Crippen molar-refractivity contribution in [2.24, 2.45) is 5.73 Å². The van der Waals surface area contributed by atoms with Crippen molar-refractivity contribution in [1.82, 2.24) is 0 Å². The minimum atomic E-state index is -0.596. The second-order valence-electron chi connectivity index (χ2n) is 3.99. The molecule has 2 aromatic rings. The molecule has 1 atom stereocenters. The predicted octanol–water partition coefficient (Wildman–Crippen LogP) is 2.00. The van der Waals surface area contributed by atoms with Gasteiger partial charge in [0.1, 0.15) is 0 Å². The zero-order valence-corrected chi connectivity index (χ0v) is 9.72. The quantitative estimate of drug-likeness (QED) is 0.816. The number of hydrogen-bond acceptors (Lipinski definition) is 3. The molecule has 2 rings (SSSR count). The number of benzene rings is 2. The lowest BCUT2D eigenvalue weighted by molar-refractivity contribution is 0.0892. The Morgan fingerprint density at radius 2 is 1.94 bits per heavy atom. The van der Waals surface area contributed by atoms with Crippen LogP contribution in [0.25, 0.3) is 10.8 Å². The van der Waals surface area contributed by atoms with Crippen LogP contribution in [0.15, 0.2) is 42.5 Å². The predicted molar refractivity (Wildman–Crippen MR) is 68.1 cm³/mol. The summed E-state index contributed by atoms with van der Waals surface area (Å²) >= 11 is 0. The number of nitrogens with two attached hydrogens (primary N) is 1. The van der Waals surface area contributed by atoms with Gasteiger partial charge in [0.15, 0.2) is 5.78 Å². The molecule has 3 nitrogen and oxygen atoms in total. The molecule has 0 heterocycles. The number of carbonyl (C=O) groups is 1. The highest BCUT2D eigenvalue weighted by Crippen LogP contribution is 2.16. The van der Waals surface area contributed by atoms with E-state index in [0.717, 1.165) is 10.8 Å². The fraction of sp³-hybridized carbons (Fsp3) is 0.214. The maximum Gasteiger partial charge on any atom is 0.181 e. The van der Waals surface area contributed by atoms with Gasteiger partial charge >= 0.3 is 0 Å². The molecule has 0 aliphatic heterocycles. The van der Waals surface area contributed by atoms with Crippen LogP contribution in [0.3, 0.4) is 0 Å². The molecule has 17 heavy (non-hydrogen) atoms. The Kier molecular flexibility index (Phi) is 3.52. The standard InChI is InChI=1S/C14H15NO2/c1-17-9-13(15)14(16)12-7-6-10-4-2-3-5-11(10)8-12/h2-8,13H,9,15H2,1H3.